The summed E-state index contributed by atoms with van der Waals surface area (Å²) in [5, 5.41) is 0. The van der Waals surface area contributed by atoms with Crippen molar-refractivity contribution in [3.63, 3.8) is 0 Å². The van der Waals surface area contributed by atoms with Gasteiger partial charge in [-0.15, -0.1) is 12.8 Å². The molecule has 0 bridgehead atoms. The van der Waals surface area contributed by atoms with Crippen LogP contribution in [0.15, 0.2) is 0 Å². The van der Waals surface area contributed by atoms with Gasteiger partial charge in [0, 0.05) is 0 Å². The van der Waals surface area contributed by atoms with Gasteiger partial charge in [0.25, 0.3) is 0 Å². The molecule has 0 fully saturated rings. The SMILES string of the molecule is C#CC#CC#C[C-]C#CC#C. The molecule has 0 atom stereocenters. The second-order valence-corrected chi connectivity index (χ2v) is 1.16. The quantitative estimate of drug-likeness (QED) is 0.331. The molecule has 0 heterocycles. The zero-order chi connectivity index (χ0) is 8.36. The van der Waals surface area contributed by atoms with Gasteiger partial charge in [-0.2, -0.15) is 11.8 Å². The molecule has 0 aromatic rings. The topological polar surface area (TPSA) is 0 Å². The molecule has 0 saturated carbocycles. The second kappa shape index (κ2) is 7.67. The Morgan fingerprint density at radius 2 is 1.36 bits per heavy atom. The average molecular weight is 134 g/mol. The summed E-state index contributed by atoms with van der Waals surface area (Å²) in [6.07, 6.45) is 12.1. The monoisotopic (exact) mass is 134 g/mol. The summed E-state index contributed by atoms with van der Waals surface area (Å²) >= 11 is 0. The zero-order valence-electron chi connectivity index (χ0n) is 5.65. The van der Waals surface area contributed by atoms with Gasteiger partial charge in [0.1, 0.15) is 0 Å². The first-order valence-electron chi connectivity index (χ1n) is 2.58. The lowest BCUT2D eigenvalue weighted by molar-refractivity contribution is 2.01. The fraction of sp³-hybridized carbons (Fsp3) is 0. The Labute approximate surface area is 67.4 Å². The molecule has 0 aliphatic carbocycles. The third-order valence-corrected chi connectivity index (χ3v) is 0.519. The Morgan fingerprint density at radius 1 is 0.727 bits per heavy atom. The Balaban J connectivity index is 3.79. The lowest BCUT2D eigenvalue weighted by Crippen LogP contribution is -1.59. The lowest BCUT2D eigenvalue weighted by Gasteiger charge is -1.76. The molecule has 0 aromatic heterocycles. The van der Waals surface area contributed by atoms with Crippen molar-refractivity contribution in [2.45, 2.75) is 0 Å². The van der Waals surface area contributed by atoms with Gasteiger partial charge in [-0.05, 0) is 11.8 Å². The van der Waals surface area contributed by atoms with Gasteiger partial charge in [-0.3, -0.25) is 0 Å². The molecule has 0 rings (SSSR count). The standard InChI is InChI=1S/C11H2/c1-3-5-7-9-11-10-8-6-4-2/h1-2H/q-1. The van der Waals surface area contributed by atoms with E-state index in [1.165, 1.54) is 0 Å². The molecule has 0 unspecified atom stereocenters. The van der Waals surface area contributed by atoms with E-state index in [9.17, 15) is 0 Å². The fourth-order valence-corrected chi connectivity index (χ4v) is 0.228. The minimum Gasteiger partial charge on any atom is -0.202 e. The summed E-state index contributed by atoms with van der Waals surface area (Å²) in [5.41, 5.74) is 0. The molecule has 0 saturated heterocycles. The molecular formula is C11H2-. The highest BCUT2D eigenvalue weighted by molar-refractivity contribution is 5.39. The third-order valence-electron chi connectivity index (χ3n) is 0.519. The number of hydrogen-bond acceptors (Lipinski definition) is 0. The van der Waals surface area contributed by atoms with Crippen molar-refractivity contribution >= 4 is 0 Å². The second-order valence-electron chi connectivity index (χ2n) is 1.16. The van der Waals surface area contributed by atoms with E-state index in [-0.39, 0.29) is 0 Å². The van der Waals surface area contributed by atoms with E-state index >= 15 is 0 Å². The normalized spacial score (nSPS) is 3.82. The molecule has 0 nitrogen and oxygen atoms in total. The summed E-state index contributed by atoms with van der Waals surface area (Å²) in [7, 11) is 0. The smallest absolute Gasteiger partial charge is 0.0164 e. The van der Waals surface area contributed by atoms with E-state index in [4.69, 9.17) is 12.8 Å². The third kappa shape index (κ3) is 7.67. The predicted molar refractivity (Wildman–Crippen MR) is 44.2 cm³/mol. The molecule has 0 amide bonds. The number of rotatable bonds is 0. The first-order valence-corrected chi connectivity index (χ1v) is 2.58. The van der Waals surface area contributed by atoms with Crippen LogP contribution in [0.2, 0.25) is 0 Å². The van der Waals surface area contributed by atoms with Crippen LogP contribution < -0.4 is 0 Å². The first kappa shape index (κ1) is 8.67. The van der Waals surface area contributed by atoms with Crippen LogP contribution in [0.3, 0.4) is 0 Å². The lowest BCUT2D eigenvalue weighted by atomic mass is 10.4. The fourth-order valence-electron chi connectivity index (χ4n) is 0.228. The van der Waals surface area contributed by atoms with Crippen molar-refractivity contribution in [3.05, 3.63) is 6.42 Å². The van der Waals surface area contributed by atoms with Crippen molar-refractivity contribution in [2.75, 3.05) is 0 Å². The zero-order valence-corrected chi connectivity index (χ0v) is 5.65. The average Bonchev–Trinajstić information content (AvgIpc) is 2.03. The molecule has 0 aliphatic rings. The van der Waals surface area contributed by atoms with E-state index < -0.39 is 0 Å². The van der Waals surface area contributed by atoms with Crippen LogP contribution in [0, 0.1) is 66.6 Å². The van der Waals surface area contributed by atoms with E-state index in [0.717, 1.165) is 0 Å². The van der Waals surface area contributed by atoms with Gasteiger partial charge in [0.05, 0.1) is 0 Å². The molecular weight excluding hydrogens is 132 g/mol. The van der Waals surface area contributed by atoms with Gasteiger partial charge in [-0.1, -0.05) is 18.3 Å². The molecule has 0 N–H and O–H groups in total. The van der Waals surface area contributed by atoms with Crippen molar-refractivity contribution in [3.8, 4) is 60.2 Å². The maximum atomic E-state index is 4.82. The van der Waals surface area contributed by atoms with Gasteiger partial charge in [0.2, 0.25) is 0 Å². The highest BCUT2D eigenvalue weighted by atomic mass is 13.6. The molecule has 11 heavy (non-hydrogen) atoms. The molecule has 0 aliphatic heterocycles. The van der Waals surface area contributed by atoms with E-state index in [0.29, 0.717) is 0 Å². The summed E-state index contributed by atoms with van der Waals surface area (Å²) in [5.74, 6) is 18.4. The van der Waals surface area contributed by atoms with Gasteiger partial charge in [0.15, 0.2) is 0 Å². The Morgan fingerprint density at radius 3 is 2.00 bits per heavy atom. The van der Waals surface area contributed by atoms with Crippen LogP contribution >= 0.6 is 0 Å². The summed E-state index contributed by atoms with van der Waals surface area (Å²) in [4.78, 5) is 0. The van der Waals surface area contributed by atoms with Crippen LogP contribution in [0.25, 0.3) is 0 Å². The van der Waals surface area contributed by atoms with E-state index in [1.54, 1.807) is 0 Å². The Kier molecular flexibility index (Phi) is 6.05. The maximum absolute atomic E-state index is 4.82. The van der Waals surface area contributed by atoms with Crippen LogP contribution in [0.4, 0.5) is 0 Å². The molecule has 0 heteroatoms. The van der Waals surface area contributed by atoms with Crippen LogP contribution in [-0.2, 0) is 0 Å². The van der Waals surface area contributed by atoms with Crippen molar-refractivity contribution in [2.24, 2.45) is 0 Å². The van der Waals surface area contributed by atoms with Crippen molar-refractivity contribution in [1.82, 2.24) is 0 Å². The summed E-state index contributed by atoms with van der Waals surface area (Å²) in [6, 6.07) is 0. The molecule has 1 radical (unpaired) electrons. The van der Waals surface area contributed by atoms with Crippen LogP contribution in [0.1, 0.15) is 0 Å². The molecule has 0 aromatic carbocycles. The Hall–Kier alpha value is -2.33. The van der Waals surface area contributed by atoms with Crippen molar-refractivity contribution in [1.29, 1.82) is 0 Å². The van der Waals surface area contributed by atoms with E-state index in [2.05, 4.69) is 53.8 Å². The molecule has 0 spiro atoms. The maximum Gasteiger partial charge on any atom is -0.0164 e. The Bertz CT molecular complexity index is 364. The highest BCUT2D eigenvalue weighted by Crippen LogP contribution is 1.65. The van der Waals surface area contributed by atoms with Gasteiger partial charge >= 0.3 is 0 Å². The number of hydrogen-bond donors (Lipinski definition) is 0. The summed E-state index contributed by atoms with van der Waals surface area (Å²) < 4.78 is 0. The summed E-state index contributed by atoms with van der Waals surface area (Å²) in [6.45, 7) is 0. The predicted octanol–water partition coefficient (Wildman–Crippen LogP) is 0.344. The molecule has 47 valence electrons. The van der Waals surface area contributed by atoms with Gasteiger partial charge in [-0.25, -0.2) is 11.8 Å². The minimum absolute atomic E-state index is 2.11. The van der Waals surface area contributed by atoms with Gasteiger partial charge < -0.3 is 0 Å². The van der Waals surface area contributed by atoms with Crippen LogP contribution in [0.5, 0.6) is 0 Å². The van der Waals surface area contributed by atoms with E-state index in [1.807, 2.05) is 0 Å². The highest BCUT2D eigenvalue weighted by Gasteiger charge is 1.49. The number of terminal acetylenes is 2. The minimum atomic E-state index is 2.11. The van der Waals surface area contributed by atoms with Crippen molar-refractivity contribution < 1.29 is 0 Å². The largest absolute Gasteiger partial charge is 0.202 e. The van der Waals surface area contributed by atoms with Crippen LogP contribution in [-0.4, -0.2) is 0 Å². The first-order chi connectivity index (χ1) is 5.41.